The third-order valence-electron chi connectivity index (χ3n) is 4.34. The minimum atomic E-state index is 0.306. The van der Waals surface area contributed by atoms with Crippen molar-refractivity contribution in [2.45, 2.75) is 84.0 Å². The van der Waals surface area contributed by atoms with Gasteiger partial charge >= 0.3 is 0 Å². The normalized spacial score (nSPS) is 10.5. The highest BCUT2D eigenvalue weighted by molar-refractivity contribution is 5.39. The van der Waals surface area contributed by atoms with E-state index in [9.17, 15) is 5.11 Å². The molecule has 1 aromatic rings. The molecular formula is C21H33NO2. The minimum Gasteiger partial charge on any atom is -0.508 e. The van der Waals surface area contributed by atoms with Gasteiger partial charge in [0.2, 0.25) is 0 Å². The van der Waals surface area contributed by atoms with Crippen LogP contribution in [0.3, 0.4) is 0 Å². The highest BCUT2D eigenvalue weighted by Crippen LogP contribution is 2.25. The van der Waals surface area contributed by atoms with Crippen molar-refractivity contribution in [3.63, 3.8) is 0 Å². The second kappa shape index (κ2) is 13.7. The van der Waals surface area contributed by atoms with Gasteiger partial charge in [0.25, 0.3) is 0 Å². The van der Waals surface area contributed by atoms with Gasteiger partial charge in [0.05, 0.1) is 12.5 Å². The topological polar surface area (TPSA) is 53.2 Å². The summed E-state index contributed by atoms with van der Waals surface area (Å²) in [5.41, 5.74) is 0.988. The molecular weight excluding hydrogens is 298 g/mol. The maximum absolute atomic E-state index is 10.0. The highest BCUT2D eigenvalue weighted by atomic mass is 16.5. The van der Waals surface area contributed by atoms with Gasteiger partial charge in [-0.25, -0.2) is 0 Å². The van der Waals surface area contributed by atoms with Crippen molar-refractivity contribution in [3.05, 3.63) is 23.8 Å². The number of ether oxygens (including phenoxy) is 1. The zero-order chi connectivity index (χ0) is 17.5. The summed E-state index contributed by atoms with van der Waals surface area (Å²) in [5.74, 6) is 0.940. The van der Waals surface area contributed by atoms with Crippen LogP contribution >= 0.6 is 0 Å². The fraction of sp³-hybridized carbons (Fsp3) is 0.667. The molecule has 1 rings (SSSR count). The smallest absolute Gasteiger partial charge is 0.123 e. The molecule has 1 aromatic carbocycles. The van der Waals surface area contributed by atoms with Crippen molar-refractivity contribution in [2.75, 3.05) is 6.61 Å². The summed E-state index contributed by atoms with van der Waals surface area (Å²) in [6.45, 7) is 2.63. The van der Waals surface area contributed by atoms with Crippen molar-refractivity contribution in [2.24, 2.45) is 0 Å². The summed E-state index contributed by atoms with van der Waals surface area (Å²) in [6.07, 6.45) is 14.5. The van der Waals surface area contributed by atoms with Crippen molar-refractivity contribution >= 4 is 0 Å². The number of phenols is 1. The van der Waals surface area contributed by atoms with Gasteiger partial charge < -0.3 is 9.84 Å². The van der Waals surface area contributed by atoms with Crippen LogP contribution in [0.2, 0.25) is 0 Å². The maximum Gasteiger partial charge on any atom is 0.123 e. The van der Waals surface area contributed by atoms with Gasteiger partial charge in [-0.2, -0.15) is 5.26 Å². The molecule has 0 amide bonds. The van der Waals surface area contributed by atoms with Crippen LogP contribution < -0.4 is 4.74 Å². The lowest BCUT2D eigenvalue weighted by Gasteiger charge is -2.08. The van der Waals surface area contributed by atoms with Crippen LogP contribution in [0, 0.1) is 11.3 Å². The predicted molar refractivity (Wildman–Crippen MR) is 99.4 cm³/mol. The summed E-state index contributed by atoms with van der Waals surface area (Å²) in [4.78, 5) is 0. The summed E-state index contributed by atoms with van der Waals surface area (Å²) < 4.78 is 5.40. The fourth-order valence-corrected chi connectivity index (χ4v) is 2.86. The summed E-state index contributed by atoms with van der Waals surface area (Å²) in [7, 11) is 0. The molecule has 0 aliphatic rings. The van der Waals surface area contributed by atoms with Crippen LogP contribution in [0.1, 0.15) is 83.1 Å². The van der Waals surface area contributed by atoms with E-state index in [4.69, 9.17) is 10.00 Å². The Hall–Kier alpha value is -1.69. The molecule has 0 heterocycles. The molecule has 1 N–H and O–H groups in total. The Morgan fingerprint density at radius 3 is 2.17 bits per heavy atom. The van der Waals surface area contributed by atoms with E-state index >= 15 is 0 Å². The highest BCUT2D eigenvalue weighted by Gasteiger charge is 2.04. The molecule has 0 unspecified atom stereocenters. The predicted octanol–water partition coefficient (Wildman–Crippen LogP) is 6.15. The number of hydrogen-bond acceptors (Lipinski definition) is 3. The quantitative estimate of drug-likeness (QED) is 0.416. The Morgan fingerprint density at radius 2 is 1.58 bits per heavy atom. The zero-order valence-electron chi connectivity index (χ0n) is 15.2. The van der Waals surface area contributed by atoms with Crippen LogP contribution in [0.5, 0.6) is 11.5 Å². The number of benzene rings is 1. The van der Waals surface area contributed by atoms with E-state index < -0.39 is 0 Å². The van der Waals surface area contributed by atoms with Crippen molar-refractivity contribution in [1.29, 1.82) is 5.26 Å². The molecule has 0 bridgehead atoms. The molecule has 0 aliphatic heterocycles. The molecule has 0 saturated heterocycles. The SMILES string of the molecule is CCCCCCCCCCCCc1ccc(OCCC#N)cc1O. The lowest BCUT2D eigenvalue weighted by Crippen LogP contribution is -1.96. The molecule has 0 radical (unpaired) electrons. The number of nitriles is 1. The number of aromatic hydroxyl groups is 1. The Labute approximate surface area is 147 Å². The van der Waals surface area contributed by atoms with Crippen LogP contribution in [-0.4, -0.2) is 11.7 Å². The Balaban J connectivity index is 2.09. The molecule has 3 nitrogen and oxygen atoms in total. The van der Waals surface area contributed by atoms with Crippen molar-refractivity contribution in [1.82, 2.24) is 0 Å². The fourth-order valence-electron chi connectivity index (χ4n) is 2.86. The lowest BCUT2D eigenvalue weighted by atomic mass is 10.0. The van der Waals surface area contributed by atoms with E-state index in [2.05, 4.69) is 6.92 Å². The van der Waals surface area contributed by atoms with Crippen LogP contribution in [0.4, 0.5) is 0 Å². The maximum atomic E-state index is 10.0. The number of unbranched alkanes of at least 4 members (excludes halogenated alkanes) is 9. The third-order valence-corrected chi connectivity index (χ3v) is 4.34. The van der Waals surface area contributed by atoms with Gasteiger partial charge in [0.1, 0.15) is 18.1 Å². The first-order valence-electron chi connectivity index (χ1n) is 9.59. The Morgan fingerprint density at radius 1 is 0.958 bits per heavy atom. The second-order valence-electron chi connectivity index (χ2n) is 6.48. The second-order valence-corrected chi connectivity index (χ2v) is 6.48. The largest absolute Gasteiger partial charge is 0.508 e. The average Bonchev–Trinajstić information content (AvgIpc) is 2.58. The first-order valence-corrected chi connectivity index (χ1v) is 9.59. The molecule has 0 fully saturated rings. The van der Waals surface area contributed by atoms with E-state index in [-0.39, 0.29) is 0 Å². The van der Waals surface area contributed by atoms with Crippen molar-refractivity contribution < 1.29 is 9.84 Å². The molecule has 0 aliphatic carbocycles. The minimum absolute atomic E-state index is 0.306. The van der Waals surface area contributed by atoms with Crippen molar-refractivity contribution in [3.8, 4) is 17.6 Å². The molecule has 3 heteroatoms. The number of aryl methyl sites for hydroxylation is 1. The average molecular weight is 332 g/mol. The van der Waals surface area contributed by atoms with E-state index in [0.717, 1.165) is 18.4 Å². The Bertz CT molecular complexity index is 479. The summed E-state index contributed by atoms with van der Waals surface area (Å²) in [6, 6.07) is 7.51. The molecule has 0 aromatic heterocycles. The van der Waals surface area contributed by atoms with Crippen LogP contribution in [-0.2, 0) is 6.42 Å². The molecule has 0 atom stereocenters. The van der Waals surface area contributed by atoms with Gasteiger partial charge in [-0.05, 0) is 24.5 Å². The number of nitrogens with zero attached hydrogens (tertiary/aromatic N) is 1. The lowest BCUT2D eigenvalue weighted by molar-refractivity contribution is 0.324. The molecule has 24 heavy (non-hydrogen) atoms. The Kier molecular flexibility index (Phi) is 11.6. The molecule has 0 saturated carbocycles. The van der Waals surface area contributed by atoms with E-state index in [1.54, 1.807) is 6.07 Å². The van der Waals surface area contributed by atoms with Crippen LogP contribution in [0.15, 0.2) is 18.2 Å². The van der Waals surface area contributed by atoms with E-state index in [1.807, 2.05) is 18.2 Å². The van der Waals surface area contributed by atoms with E-state index in [0.29, 0.717) is 24.5 Å². The van der Waals surface area contributed by atoms with Gasteiger partial charge in [0.15, 0.2) is 0 Å². The van der Waals surface area contributed by atoms with Gasteiger partial charge in [-0.3, -0.25) is 0 Å². The van der Waals surface area contributed by atoms with Gasteiger partial charge in [-0.1, -0.05) is 70.8 Å². The monoisotopic (exact) mass is 331 g/mol. The first kappa shape index (κ1) is 20.4. The standard InChI is InChI=1S/C21H33NO2/c1-2-3-4-5-6-7-8-9-10-11-13-19-14-15-20(18-21(19)23)24-17-12-16-22/h14-15,18,23H,2-13,17H2,1H3. The van der Waals surface area contributed by atoms with Gasteiger partial charge in [-0.15, -0.1) is 0 Å². The van der Waals surface area contributed by atoms with Crippen LogP contribution in [0.25, 0.3) is 0 Å². The summed E-state index contributed by atoms with van der Waals surface area (Å²) >= 11 is 0. The zero-order valence-corrected chi connectivity index (χ0v) is 15.2. The molecule has 134 valence electrons. The first-order chi connectivity index (χ1) is 11.8. The van der Waals surface area contributed by atoms with Gasteiger partial charge in [0, 0.05) is 6.07 Å². The number of hydrogen-bond donors (Lipinski definition) is 1. The van der Waals surface area contributed by atoms with E-state index in [1.165, 1.54) is 57.8 Å². The number of phenolic OH excluding ortho intramolecular Hbond substituents is 1. The molecule has 0 spiro atoms. The number of rotatable bonds is 14. The summed E-state index contributed by atoms with van der Waals surface area (Å²) in [5, 5.41) is 18.5. The third kappa shape index (κ3) is 9.45.